The van der Waals surface area contributed by atoms with Crippen molar-refractivity contribution in [3.63, 3.8) is 0 Å². The highest BCUT2D eigenvalue weighted by molar-refractivity contribution is 5.97. The maximum absolute atomic E-state index is 12.8. The number of amides is 2. The van der Waals surface area contributed by atoms with E-state index in [1.165, 1.54) is 0 Å². The van der Waals surface area contributed by atoms with Gasteiger partial charge in [-0.25, -0.2) is 4.79 Å². The van der Waals surface area contributed by atoms with Crippen molar-refractivity contribution in [3.8, 4) is 11.3 Å². The van der Waals surface area contributed by atoms with Crippen molar-refractivity contribution in [3.05, 3.63) is 42.4 Å². The molecule has 0 fully saturated rings. The fourth-order valence-corrected chi connectivity index (χ4v) is 3.25. The molecule has 142 valence electrons. The van der Waals surface area contributed by atoms with Gasteiger partial charge in [-0.2, -0.15) is 5.10 Å². The van der Waals surface area contributed by atoms with Gasteiger partial charge in [-0.15, -0.1) is 0 Å². The Hall–Kier alpha value is -3.16. The van der Waals surface area contributed by atoms with Crippen LogP contribution < -0.4 is 10.6 Å². The van der Waals surface area contributed by atoms with Gasteiger partial charge in [-0.05, 0) is 24.5 Å². The SMILES string of the molecule is CC(C)[C@H]1C=CC[C@H](NC(=O)O)c2cc(ccn2)-c2c(cnn2C)NC1=O. The Labute approximate surface area is 157 Å². The van der Waals surface area contributed by atoms with Gasteiger partial charge in [0.25, 0.3) is 0 Å². The van der Waals surface area contributed by atoms with Crippen molar-refractivity contribution in [1.29, 1.82) is 0 Å². The average molecular weight is 369 g/mol. The number of carbonyl (C=O) groups is 2. The molecule has 2 atom stereocenters. The van der Waals surface area contributed by atoms with Gasteiger partial charge in [-0.3, -0.25) is 14.5 Å². The zero-order valence-electron chi connectivity index (χ0n) is 15.5. The molecule has 0 saturated heterocycles. The first-order valence-corrected chi connectivity index (χ1v) is 8.82. The van der Waals surface area contributed by atoms with Gasteiger partial charge in [0.15, 0.2) is 0 Å². The Bertz CT molecular complexity index is 887. The number of hydrogen-bond acceptors (Lipinski definition) is 4. The van der Waals surface area contributed by atoms with Gasteiger partial charge in [-0.1, -0.05) is 26.0 Å². The van der Waals surface area contributed by atoms with Crippen LogP contribution >= 0.6 is 0 Å². The monoisotopic (exact) mass is 369 g/mol. The van der Waals surface area contributed by atoms with Crippen LogP contribution in [0.15, 0.2) is 36.7 Å². The molecule has 0 unspecified atom stereocenters. The number of anilines is 1. The highest BCUT2D eigenvalue weighted by Gasteiger charge is 2.24. The van der Waals surface area contributed by atoms with E-state index in [9.17, 15) is 14.7 Å². The number of carbonyl (C=O) groups excluding carboxylic acids is 1. The van der Waals surface area contributed by atoms with E-state index in [1.807, 2.05) is 38.1 Å². The highest BCUT2D eigenvalue weighted by atomic mass is 16.4. The van der Waals surface area contributed by atoms with Gasteiger partial charge < -0.3 is 15.7 Å². The first-order valence-electron chi connectivity index (χ1n) is 8.82. The van der Waals surface area contributed by atoms with Crippen molar-refractivity contribution in [2.45, 2.75) is 26.3 Å². The quantitative estimate of drug-likeness (QED) is 0.705. The lowest BCUT2D eigenvalue weighted by atomic mass is 9.93. The Morgan fingerprint density at radius 3 is 2.93 bits per heavy atom. The van der Waals surface area contributed by atoms with Crippen molar-refractivity contribution in [2.75, 3.05) is 5.32 Å². The van der Waals surface area contributed by atoms with Crippen molar-refractivity contribution < 1.29 is 14.7 Å². The Kier molecular flexibility index (Phi) is 5.25. The van der Waals surface area contributed by atoms with Gasteiger partial charge >= 0.3 is 6.09 Å². The summed E-state index contributed by atoms with van der Waals surface area (Å²) in [6.45, 7) is 3.95. The van der Waals surface area contributed by atoms with Crippen LogP contribution in [0.3, 0.4) is 0 Å². The summed E-state index contributed by atoms with van der Waals surface area (Å²) in [6.07, 6.45) is 6.20. The molecule has 2 amide bonds. The lowest BCUT2D eigenvalue weighted by molar-refractivity contribution is -0.119. The van der Waals surface area contributed by atoms with Crippen LogP contribution in [0.2, 0.25) is 0 Å². The summed E-state index contributed by atoms with van der Waals surface area (Å²) in [7, 11) is 1.80. The maximum atomic E-state index is 12.8. The number of aryl methyl sites for hydroxylation is 1. The van der Waals surface area contributed by atoms with Crippen molar-refractivity contribution in [2.24, 2.45) is 18.9 Å². The van der Waals surface area contributed by atoms with Crippen LogP contribution in [0.4, 0.5) is 10.5 Å². The third kappa shape index (κ3) is 3.99. The third-order valence-electron chi connectivity index (χ3n) is 4.64. The summed E-state index contributed by atoms with van der Waals surface area (Å²) in [5, 5.41) is 19.0. The summed E-state index contributed by atoms with van der Waals surface area (Å²) >= 11 is 0. The number of rotatable bonds is 2. The summed E-state index contributed by atoms with van der Waals surface area (Å²) in [5.74, 6) is -0.367. The summed E-state index contributed by atoms with van der Waals surface area (Å²) < 4.78 is 1.68. The molecule has 2 aromatic heterocycles. The molecule has 0 saturated carbocycles. The summed E-state index contributed by atoms with van der Waals surface area (Å²) in [6, 6.07) is 3.13. The summed E-state index contributed by atoms with van der Waals surface area (Å²) in [4.78, 5) is 28.4. The Morgan fingerprint density at radius 2 is 2.22 bits per heavy atom. The topological polar surface area (TPSA) is 109 Å². The fourth-order valence-electron chi connectivity index (χ4n) is 3.25. The van der Waals surface area contributed by atoms with E-state index in [-0.39, 0.29) is 17.7 Å². The van der Waals surface area contributed by atoms with Crippen molar-refractivity contribution >= 4 is 17.7 Å². The molecule has 0 aliphatic carbocycles. The van der Waals surface area contributed by atoms with E-state index in [4.69, 9.17) is 0 Å². The number of carboxylic acid groups (broad SMARTS) is 1. The number of aromatic nitrogens is 3. The molecule has 0 aromatic carbocycles. The normalized spacial score (nSPS) is 19.6. The van der Waals surface area contributed by atoms with Gasteiger partial charge in [0, 0.05) is 18.8 Å². The number of fused-ring (bicyclic) bond motifs is 4. The Balaban J connectivity index is 2.13. The van der Waals surface area contributed by atoms with E-state index < -0.39 is 12.1 Å². The molecule has 27 heavy (non-hydrogen) atoms. The fraction of sp³-hybridized carbons (Fsp3) is 0.368. The lowest BCUT2D eigenvalue weighted by Gasteiger charge is -2.20. The zero-order chi connectivity index (χ0) is 19.6. The van der Waals surface area contributed by atoms with E-state index in [2.05, 4.69) is 20.7 Å². The second-order valence-electron chi connectivity index (χ2n) is 6.92. The van der Waals surface area contributed by atoms with Crippen LogP contribution in [0, 0.1) is 11.8 Å². The molecule has 2 bridgehead atoms. The van der Waals surface area contributed by atoms with Crippen molar-refractivity contribution in [1.82, 2.24) is 20.1 Å². The second-order valence-corrected chi connectivity index (χ2v) is 6.92. The largest absolute Gasteiger partial charge is 0.465 e. The smallest absolute Gasteiger partial charge is 0.405 e. The molecule has 2 aromatic rings. The average Bonchev–Trinajstić information content (AvgIpc) is 2.96. The van der Waals surface area contributed by atoms with E-state index >= 15 is 0 Å². The minimum atomic E-state index is -1.12. The molecule has 1 aliphatic rings. The molecular weight excluding hydrogens is 346 g/mol. The summed E-state index contributed by atoms with van der Waals surface area (Å²) in [5.41, 5.74) is 2.77. The predicted octanol–water partition coefficient (Wildman–Crippen LogP) is 2.96. The minimum absolute atomic E-state index is 0.0890. The van der Waals surface area contributed by atoms with Gasteiger partial charge in [0.05, 0.1) is 35.2 Å². The molecule has 0 spiro atoms. The number of pyridine rings is 1. The highest BCUT2D eigenvalue weighted by Crippen LogP contribution is 2.31. The molecule has 8 heteroatoms. The Morgan fingerprint density at radius 1 is 1.44 bits per heavy atom. The standard InChI is InChI=1S/C19H23N5O3/c1-11(2)13-5-4-6-14(23-19(26)27)15-9-12(7-8-20-15)17-16(22-18(13)25)10-21-24(17)3/h4-5,7-11,13-14,23H,6H2,1-3H3,(H,22,25)(H,26,27)/t13-,14+/m1/s1. The van der Waals surface area contributed by atoms with Gasteiger partial charge in [0.1, 0.15) is 0 Å². The van der Waals surface area contributed by atoms with Crippen LogP contribution in [-0.4, -0.2) is 31.9 Å². The maximum Gasteiger partial charge on any atom is 0.405 e. The molecule has 0 radical (unpaired) electrons. The van der Waals surface area contributed by atoms with Crippen LogP contribution in [-0.2, 0) is 11.8 Å². The van der Waals surface area contributed by atoms with Crippen LogP contribution in [0.1, 0.15) is 32.0 Å². The number of nitrogens with zero attached hydrogens (tertiary/aromatic N) is 3. The molecular formula is C19H23N5O3. The van der Waals surface area contributed by atoms with E-state index in [0.717, 1.165) is 11.3 Å². The lowest BCUT2D eigenvalue weighted by Crippen LogP contribution is -2.28. The van der Waals surface area contributed by atoms with E-state index in [1.54, 1.807) is 24.1 Å². The third-order valence-corrected chi connectivity index (χ3v) is 4.64. The number of hydrogen-bond donors (Lipinski definition) is 3. The van der Waals surface area contributed by atoms with Crippen LogP contribution in [0.5, 0.6) is 0 Å². The van der Waals surface area contributed by atoms with Gasteiger partial charge in [0.2, 0.25) is 5.91 Å². The minimum Gasteiger partial charge on any atom is -0.465 e. The first-order chi connectivity index (χ1) is 12.9. The molecule has 1 aliphatic heterocycles. The molecule has 3 rings (SSSR count). The molecule has 8 nitrogen and oxygen atoms in total. The van der Waals surface area contributed by atoms with E-state index in [0.29, 0.717) is 17.8 Å². The second kappa shape index (κ2) is 7.61. The number of nitrogens with one attached hydrogen (secondary N) is 2. The molecule has 3 N–H and O–H groups in total. The van der Waals surface area contributed by atoms with Crippen LogP contribution in [0.25, 0.3) is 11.3 Å². The predicted molar refractivity (Wildman–Crippen MR) is 101 cm³/mol. The first kappa shape index (κ1) is 18.6. The molecule has 3 heterocycles. The zero-order valence-corrected chi connectivity index (χ0v) is 15.5.